The molecule has 1 radical (unpaired) electrons. The highest BCUT2D eigenvalue weighted by atomic mass is 16.3. The fourth-order valence-corrected chi connectivity index (χ4v) is 1.99. The highest BCUT2D eigenvalue weighted by Crippen LogP contribution is 2.36. The van der Waals surface area contributed by atoms with Crippen LogP contribution in [0, 0.1) is 0 Å². The van der Waals surface area contributed by atoms with E-state index in [0.29, 0.717) is 0 Å². The third kappa shape index (κ3) is 1.81. The molecule has 0 spiro atoms. The normalized spacial score (nSPS) is 11.4. The van der Waals surface area contributed by atoms with Gasteiger partial charge in [-0.25, -0.2) is 0 Å². The summed E-state index contributed by atoms with van der Waals surface area (Å²) in [5, 5.41) is 11.8. The first-order valence-electron chi connectivity index (χ1n) is 5.44. The largest absolute Gasteiger partial charge is 0.290 e. The molecule has 2 aromatic rings. The predicted octanol–water partition coefficient (Wildman–Crippen LogP) is 4.16. The minimum Gasteiger partial charge on any atom is -0.290 e. The lowest BCUT2D eigenvalue weighted by Crippen LogP contribution is -2.18. The van der Waals surface area contributed by atoms with Crippen LogP contribution in [0.3, 0.4) is 0 Å². The van der Waals surface area contributed by atoms with Crippen LogP contribution < -0.4 is 0 Å². The number of para-hydroxylation sites is 1. The molecule has 0 bridgehead atoms. The van der Waals surface area contributed by atoms with Gasteiger partial charge in [-0.1, -0.05) is 62.4 Å². The molecular weight excluding hydrogens is 196 g/mol. The van der Waals surface area contributed by atoms with Gasteiger partial charge in [-0.3, -0.25) is 5.11 Å². The van der Waals surface area contributed by atoms with Crippen molar-refractivity contribution in [2.45, 2.75) is 19.3 Å². The zero-order chi connectivity index (χ0) is 11.6. The molecule has 0 unspecified atom stereocenters. The van der Waals surface area contributed by atoms with Crippen LogP contribution in [0.15, 0.2) is 54.6 Å². The fourth-order valence-electron chi connectivity index (χ4n) is 1.99. The van der Waals surface area contributed by atoms with Gasteiger partial charge in [0.05, 0.1) is 0 Å². The Labute approximate surface area is 96.4 Å². The maximum atomic E-state index is 11.8. The molecule has 0 fully saturated rings. The molecule has 0 N–H and O–H groups in total. The smallest absolute Gasteiger partial charge is 0.182 e. The first-order chi connectivity index (χ1) is 7.62. The Morgan fingerprint density at radius 2 is 1.38 bits per heavy atom. The zero-order valence-corrected chi connectivity index (χ0v) is 9.60. The summed E-state index contributed by atoms with van der Waals surface area (Å²) in [6.45, 7) is 4.16. The summed E-state index contributed by atoms with van der Waals surface area (Å²) in [4.78, 5) is 0. The van der Waals surface area contributed by atoms with E-state index < -0.39 is 0 Å². The second-order valence-corrected chi connectivity index (χ2v) is 4.49. The highest BCUT2D eigenvalue weighted by Gasteiger charge is 2.25. The monoisotopic (exact) mass is 211 g/mol. The average Bonchev–Trinajstić information content (AvgIpc) is 2.30. The maximum Gasteiger partial charge on any atom is 0.182 e. The average molecular weight is 211 g/mol. The van der Waals surface area contributed by atoms with E-state index in [2.05, 4.69) is 26.0 Å². The molecule has 0 amide bonds. The van der Waals surface area contributed by atoms with Gasteiger partial charge in [0.25, 0.3) is 0 Å². The molecule has 1 nitrogen and oxygen atoms in total. The predicted molar refractivity (Wildman–Crippen MR) is 65.1 cm³/mol. The molecule has 0 aliphatic heterocycles. The highest BCUT2D eigenvalue weighted by molar-refractivity contribution is 5.44. The Balaban J connectivity index is 2.51. The van der Waals surface area contributed by atoms with Gasteiger partial charge in [0.15, 0.2) is 5.75 Å². The SMILES string of the molecule is CC(C)(c1ccccc1)c1ccccc1[O]. The van der Waals surface area contributed by atoms with Crippen molar-refractivity contribution in [3.05, 3.63) is 65.7 Å². The van der Waals surface area contributed by atoms with Crippen molar-refractivity contribution in [3.63, 3.8) is 0 Å². The van der Waals surface area contributed by atoms with Crippen LogP contribution in [0.4, 0.5) is 0 Å². The Kier molecular flexibility index (Phi) is 2.69. The number of hydrogen-bond donors (Lipinski definition) is 0. The first kappa shape index (κ1) is 10.7. The zero-order valence-electron chi connectivity index (χ0n) is 9.60. The van der Waals surface area contributed by atoms with Gasteiger partial charge >= 0.3 is 0 Å². The minimum atomic E-state index is -0.237. The van der Waals surface area contributed by atoms with E-state index in [4.69, 9.17) is 0 Å². The van der Waals surface area contributed by atoms with E-state index in [9.17, 15) is 5.11 Å². The molecule has 0 atom stereocenters. The van der Waals surface area contributed by atoms with Crippen molar-refractivity contribution >= 4 is 0 Å². The van der Waals surface area contributed by atoms with Crippen LogP contribution in [0.5, 0.6) is 5.75 Å². The number of hydrogen-bond acceptors (Lipinski definition) is 0. The molecule has 16 heavy (non-hydrogen) atoms. The molecule has 2 aromatic carbocycles. The lowest BCUT2D eigenvalue weighted by atomic mass is 9.78. The van der Waals surface area contributed by atoms with Gasteiger partial charge in [-0.05, 0) is 11.6 Å². The van der Waals surface area contributed by atoms with Crippen LogP contribution in [0.25, 0.3) is 0 Å². The Morgan fingerprint density at radius 1 is 0.812 bits per heavy atom. The van der Waals surface area contributed by atoms with E-state index in [0.717, 1.165) is 5.56 Å². The molecule has 0 aliphatic carbocycles. The van der Waals surface area contributed by atoms with E-state index in [1.54, 1.807) is 12.1 Å². The van der Waals surface area contributed by atoms with E-state index in [1.165, 1.54) is 5.56 Å². The Bertz CT molecular complexity index is 472. The van der Waals surface area contributed by atoms with Crippen molar-refractivity contribution in [1.82, 2.24) is 0 Å². The standard InChI is InChI=1S/C15H15O/c1-15(2,12-8-4-3-5-9-12)13-10-6-7-11-14(13)16/h3-11H,1-2H3. The fraction of sp³-hybridized carbons (Fsp3) is 0.200. The van der Waals surface area contributed by atoms with Crippen molar-refractivity contribution in [1.29, 1.82) is 0 Å². The van der Waals surface area contributed by atoms with Gasteiger partial charge in [0.2, 0.25) is 0 Å². The van der Waals surface area contributed by atoms with Crippen LogP contribution in [0.2, 0.25) is 0 Å². The van der Waals surface area contributed by atoms with E-state index in [1.807, 2.05) is 30.3 Å². The summed E-state index contributed by atoms with van der Waals surface area (Å²) in [5.41, 5.74) is 1.78. The van der Waals surface area contributed by atoms with Gasteiger partial charge in [0.1, 0.15) is 0 Å². The quantitative estimate of drug-likeness (QED) is 0.711. The summed E-state index contributed by atoms with van der Waals surface area (Å²) in [6, 6.07) is 17.4. The van der Waals surface area contributed by atoms with Gasteiger partial charge in [-0.15, -0.1) is 0 Å². The van der Waals surface area contributed by atoms with Crippen molar-refractivity contribution in [2.24, 2.45) is 0 Å². The summed E-state index contributed by atoms with van der Waals surface area (Å²) in [6.07, 6.45) is 0. The molecule has 0 aromatic heterocycles. The summed E-state index contributed by atoms with van der Waals surface area (Å²) < 4.78 is 0. The van der Waals surface area contributed by atoms with Gasteiger partial charge < -0.3 is 0 Å². The number of benzene rings is 2. The van der Waals surface area contributed by atoms with Crippen LogP contribution in [0.1, 0.15) is 25.0 Å². The lowest BCUT2D eigenvalue weighted by molar-refractivity contribution is 0.343. The van der Waals surface area contributed by atoms with Crippen LogP contribution in [-0.4, -0.2) is 0 Å². The van der Waals surface area contributed by atoms with Crippen LogP contribution in [-0.2, 0) is 10.5 Å². The van der Waals surface area contributed by atoms with Gasteiger partial charge in [0, 0.05) is 11.0 Å². The number of rotatable bonds is 2. The van der Waals surface area contributed by atoms with Gasteiger partial charge in [-0.2, -0.15) is 0 Å². The molecule has 1 heteroatoms. The minimum absolute atomic E-state index is 0.108. The van der Waals surface area contributed by atoms with E-state index >= 15 is 0 Å². The summed E-state index contributed by atoms with van der Waals surface area (Å²) in [7, 11) is 0. The van der Waals surface area contributed by atoms with Crippen molar-refractivity contribution < 1.29 is 5.11 Å². The second-order valence-electron chi connectivity index (χ2n) is 4.49. The van der Waals surface area contributed by atoms with Crippen LogP contribution >= 0.6 is 0 Å². The third-order valence-corrected chi connectivity index (χ3v) is 3.06. The van der Waals surface area contributed by atoms with Crippen molar-refractivity contribution in [3.8, 4) is 5.75 Å². The second kappa shape index (κ2) is 4.01. The molecule has 0 saturated heterocycles. The molecule has 81 valence electrons. The first-order valence-corrected chi connectivity index (χ1v) is 5.44. The molecule has 0 aliphatic rings. The Morgan fingerprint density at radius 3 is 2.00 bits per heavy atom. The van der Waals surface area contributed by atoms with E-state index in [-0.39, 0.29) is 11.2 Å². The molecule has 2 rings (SSSR count). The maximum absolute atomic E-state index is 11.8. The topological polar surface area (TPSA) is 19.9 Å². The summed E-state index contributed by atoms with van der Waals surface area (Å²) >= 11 is 0. The third-order valence-electron chi connectivity index (χ3n) is 3.06. The van der Waals surface area contributed by atoms with Crippen molar-refractivity contribution in [2.75, 3.05) is 0 Å². The lowest BCUT2D eigenvalue weighted by Gasteiger charge is -2.26. The molecule has 0 saturated carbocycles. The Hall–Kier alpha value is -1.76. The molecule has 0 heterocycles. The summed E-state index contributed by atoms with van der Waals surface area (Å²) in [5.74, 6) is 0.108. The molecular formula is C15H15O.